The summed E-state index contributed by atoms with van der Waals surface area (Å²) < 4.78 is 4.96. The highest BCUT2D eigenvalue weighted by Gasteiger charge is 2.17. The number of hydrogen-bond donors (Lipinski definition) is 2. The van der Waals surface area contributed by atoms with E-state index < -0.39 is 11.9 Å². The summed E-state index contributed by atoms with van der Waals surface area (Å²) in [4.78, 5) is 26.8. The van der Waals surface area contributed by atoms with Crippen LogP contribution in [0, 0.1) is 12.8 Å². The molecule has 20 heavy (non-hydrogen) atoms. The van der Waals surface area contributed by atoms with Crippen LogP contribution in [0.4, 0.5) is 0 Å². The SMILES string of the molecule is CCC(CNC(=O)c1cnc2onc(C)c2c1)C(=O)O. The second-order valence-electron chi connectivity index (χ2n) is 4.50. The van der Waals surface area contributed by atoms with Crippen molar-refractivity contribution in [2.45, 2.75) is 20.3 Å². The summed E-state index contributed by atoms with van der Waals surface area (Å²) in [6, 6.07) is 1.63. The molecule has 2 heterocycles. The summed E-state index contributed by atoms with van der Waals surface area (Å²) in [5.74, 6) is -1.87. The van der Waals surface area contributed by atoms with Crippen LogP contribution in [0.25, 0.3) is 11.1 Å². The third-order valence-corrected chi connectivity index (χ3v) is 3.12. The van der Waals surface area contributed by atoms with E-state index in [2.05, 4.69) is 15.5 Å². The fourth-order valence-electron chi connectivity index (χ4n) is 1.79. The van der Waals surface area contributed by atoms with Gasteiger partial charge in [0.15, 0.2) is 0 Å². The topological polar surface area (TPSA) is 105 Å². The van der Waals surface area contributed by atoms with Crippen molar-refractivity contribution >= 4 is 23.0 Å². The lowest BCUT2D eigenvalue weighted by Crippen LogP contribution is -2.32. The molecule has 0 saturated carbocycles. The van der Waals surface area contributed by atoms with Crippen LogP contribution in [-0.4, -0.2) is 33.7 Å². The van der Waals surface area contributed by atoms with Crippen molar-refractivity contribution in [3.8, 4) is 0 Å². The average molecular weight is 277 g/mol. The largest absolute Gasteiger partial charge is 0.481 e. The lowest BCUT2D eigenvalue weighted by atomic mass is 10.1. The molecule has 106 valence electrons. The number of aryl methyl sites for hydroxylation is 1. The Labute approximate surface area is 115 Å². The quantitative estimate of drug-likeness (QED) is 0.855. The second kappa shape index (κ2) is 5.68. The maximum absolute atomic E-state index is 12.0. The summed E-state index contributed by atoms with van der Waals surface area (Å²) in [6.07, 6.45) is 1.83. The molecule has 0 radical (unpaired) electrons. The van der Waals surface area contributed by atoms with Gasteiger partial charge in [-0.1, -0.05) is 12.1 Å². The minimum Gasteiger partial charge on any atom is -0.481 e. The molecule has 7 nitrogen and oxygen atoms in total. The number of carboxylic acids is 1. The van der Waals surface area contributed by atoms with Crippen molar-refractivity contribution in [1.29, 1.82) is 0 Å². The molecule has 0 aliphatic heterocycles. The van der Waals surface area contributed by atoms with E-state index in [-0.39, 0.29) is 12.5 Å². The first-order valence-corrected chi connectivity index (χ1v) is 6.26. The molecule has 1 amide bonds. The Balaban J connectivity index is 2.11. The van der Waals surface area contributed by atoms with Crippen molar-refractivity contribution < 1.29 is 19.2 Å². The minimum atomic E-state index is -0.920. The highest BCUT2D eigenvalue weighted by Crippen LogP contribution is 2.16. The number of aromatic nitrogens is 2. The zero-order valence-electron chi connectivity index (χ0n) is 11.2. The molecule has 2 N–H and O–H groups in total. The molecule has 0 aliphatic carbocycles. The van der Waals surface area contributed by atoms with Gasteiger partial charge >= 0.3 is 5.97 Å². The number of aliphatic carboxylic acids is 1. The lowest BCUT2D eigenvalue weighted by molar-refractivity contribution is -0.141. The van der Waals surface area contributed by atoms with Gasteiger partial charge in [0.25, 0.3) is 11.6 Å². The summed E-state index contributed by atoms with van der Waals surface area (Å²) in [5, 5.41) is 15.9. The Bertz CT molecular complexity index is 650. The van der Waals surface area contributed by atoms with Crippen molar-refractivity contribution in [2.24, 2.45) is 5.92 Å². The minimum absolute atomic E-state index is 0.0886. The van der Waals surface area contributed by atoms with Gasteiger partial charge in [0.05, 0.1) is 22.6 Å². The smallest absolute Gasteiger partial charge is 0.308 e. The van der Waals surface area contributed by atoms with Crippen LogP contribution in [0.5, 0.6) is 0 Å². The maximum Gasteiger partial charge on any atom is 0.308 e. The van der Waals surface area contributed by atoms with Gasteiger partial charge in [-0.15, -0.1) is 0 Å². The fraction of sp³-hybridized carbons (Fsp3) is 0.385. The van der Waals surface area contributed by atoms with Crippen molar-refractivity contribution in [2.75, 3.05) is 6.54 Å². The molecule has 1 unspecified atom stereocenters. The Kier molecular flexibility index (Phi) is 3.97. The first kappa shape index (κ1) is 14.0. The molecule has 2 aromatic rings. The number of carboxylic acid groups (broad SMARTS) is 1. The van der Waals surface area contributed by atoms with Crippen LogP contribution in [0.1, 0.15) is 29.4 Å². The molecule has 0 bridgehead atoms. The summed E-state index contributed by atoms with van der Waals surface area (Å²) >= 11 is 0. The molecule has 1 atom stereocenters. The second-order valence-corrected chi connectivity index (χ2v) is 4.50. The number of pyridine rings is 1. The number of hydrogen-bond acceptors (Lipinski definition) is 5. The first-order chi connectivity index (χ1) is 9.52. The van der Waals surface area contributed by atoms with Gasteiger partial charge in [0, 0.05) is 12.7 Å². The highest BCUT2D eigenvalue weighted by molar-refractivity contribution is 5.97. The van der Waals surface area contributed by atoms with Crippen LogP contribution in [0.2, 0.25) is 0 Å². The van der Waals surface area contributed by atoms with Gasteiger partial charge in [-0.25, -0.2) is 4.98 Å². The van der Waals surface area contributed by atoms with Crippen LogP contribution in [-0.2, 0) is 4.79 Å². The maximum atomic E-state index is 12.0. The lowest BCUT2D eigenvalue weighted by Gasteiger charge is -2.10. The number of carbonyl (C=O) groups is 2. The van der Waals surface area contributed by atoms with Gasteiger partial charge in [0.1, 0.15) is 0 Å². The molecule has 0 fully saturated rings. The Morgan fingerprint density at radius 1 is 1.50 bits per heavy atom. The Morgan fingerprint density at radius 2 is 2.25 bits per heavy atom. The third kappa shape index (κ3) is 2.76. The van der Waals surface area contributed by atoms with E-state index in [9.17, 15) is 9.59 Å². The van der Waals surface area contributed by atoms with Crippen LogP contribution < -0.4 is 5.32 Å². The number of amides is 1. The number of nitrogens with zero attached hydrogens (tertiary/aromatic N) is 2. The zero-order valence-corrected chi connectivity index (χ0v) is 11.2. The normalized spacial score (nSPS) is 12.3. The number of carbonyl (C=O) groups excluding carboxylic acids is 1. The van der Waals surface area contributed by atoms with Crippen LogP contribution in [0.15, 0.2) is 16.8 Å². The number of rotatable bonds is 5. The van der Waals surface area contributed by atoms with Crippen LogP contribution >= 0.6 is 0 Å². The summed E-state index contributed by atoms with van der Waals surface area (Å²) in [5.41, 5.74) is 1.37. The van der Waals surface area contributed by atoms with Crippen LogP contribution in [0.3, 0.4) is 0 Å². The first-order valence-electron chi connectivity index (χ1n) is 6.26. The van der Waals surface area contributed by atoms with Crippen molar-refractivity contribution in [3.63, 3.8) is 0 Å². The standard InChI is InChI=1S/C13H15N3O4/c1-3-8(13(18)19)5-14-11(17)9-4-10-7(2)16-20-12(10)15-6-9/h4,6,8H,3,5H2,1-2H3,(H,14,17)(H,18,19). The number of nitrogens with one attached hydrogen (secondary N) is 1. The molecular weight excluding hydrogens is 262 g/mol. The van der Waals surface area contributed by atoms with E-state index in [0.717, 1.165) is 0 Å². The van der Waals surface area contributed by atoms with E-state index in [1.807, 2.05) is 0 Å². The van der Waals surface area contributed by atoms with E-state index >= 15 is 0 Å². The predicted octanol–water partition coefficient (Wildman–Crippen LogP) is 1.37. The van der Waals surface area contributed by atoms with Gasteiger partial charge in [0.2, 0.25) is 0 Å². The van der Waals surface area contributed by atoms with Gasteiger partial charge in [-0.3, -0.25) is 9.59 Å². The fourth-order valence-corrected chi connectivity index (χ4v) is 1.79. The highest BCUT2D eigenvalue weighted by atomic mass is 16.5. The zero-order chi connectivity index (χ0) is 14.7. The molecule has 0 saturated heterocycles. The molecule has 0 spiro atoms. The van der Waals surface area contributed by atoms with Crippen molar-refractivity contribution in [1.82, 2.24) is 15.5 Å². The van der Waals surface area contributed by atoms with E-state index in [1.54, 1.807) is 19.9 Å². The molecule has 7 heteroatoms. The summed E-state index contributed by atoms with van der Waals surface area (Å²) in [6.45, 7) is 3.61. The number of fused-ring (bicyclic) bond motifs is 1. The Morgan fingerprint density at radius 3 is 2.90 bits per heavy atom. The summed E-state index contributed by atoms with van der Waals surface area (Å²) in [7, 11) is 0. The van der Waals surface area contributed by atoms with Crippen molar-refractivity contribution in [3.05, 3.63) is 23.5 Å². The van der Waals surface area contributed by atoms with E-state index in [4.69, 9.17) is 9.63 Å². The Hall–Kier alpha value is -2.44. The van der Waals surface area contributed by atoms with E-state index in [1.165, 1.54) is 6.20 Å². The average Bonchev–Trinajstić information content (AvgIpc) is 2.80. The monoisotopic (exact) mass is 277 g/mol. The van der Waals surface area contributed by atoms with Gasteiger partial charge in [-0.2, -0.15) is 0 Å². The van der Waals surface area contributed by atoms with Gasteiger partial charge < -0.3 is 14.9 Å². The molecule has 2 aromatic heterocycles. The third-order valence-electron chi connectivity index (χ3n) is 3.12. The molecule has 0 aromatic carbocycles. The molecule has 2 rings (SSSR count). The van der Waals surface area contributed by atoms with E-state index in [0.29, 0.717) is 28.8 Å². The predicted molar refractivity (Wildman–Crippen MR) is 70.3 cm³/mol. The molecule has 0 aliphatic rings. The molecular formula is C13H15N3O4. The van der Waals surface area contributed by atoms with Gasteiger partial charge in [-0.05, 0) is 19.4 Å².